The Morgan fingerprint density at radius 1 is 1.40 bits per heavy atom. The lowest BCUT2D eigenvalue weighted by Gasteiger charge is -2.31. The lowest BCUT2D eigenvalue weighted by Crippen LogP contribution is -2.39. The number of nitrogens with one attached hydrogen (secondary N) is 2. The van der Waals surface area contributed by atoms with Crippen molar-refractivity contribution in [1.82, 2.24) is 10.3 Å². The molecule has 1 saturated carbocycles. The van der Waals surface area contributed by atoms with Gasteiger partial charge in [0, 0.05) is 6.54 Å². The number of carbonyl (C=O) groups is 1. The van der Waals surface area contributed by atoms with E-state index in [0.29, 0.717) is 18.9 Å². The van der Waals surface area contributed by atoms with Crippen molar-refractivity contribution in [2.75, 3.05) is 6.54 Å². The Bertz CT molecular complexity index is 562. The number of halogens is 3. The minimum Gasteiger partial charge on any atom is -0.393 e. The van der Waals surface area contributed by atoms with E-state index in [-0.39, 0.29) is 24.1 Å². The molecule has 0 spiro atoms. The highest BCUT2D eigenvalue weighted by Gasteiger charge is 2.32. The van der Waals surface area contributed by atoms with Crippen LogP contribution in [0.2, 0.25) is 0 Å². The zero-order valence-corrected chi connectivity index (χ0v) is 10.3. The molecule has 0 radical (unpaired) electrons. The van der Waals surface area contributed by atoms with E-state index in [1.165, 1.54) is 0 Å². The van der Waals surface area contributed by atoms with Crippen molar-refractivity contribution in [3.05, 3.63) is 33.7 Å². The van der Waals surface area contributed by atoms with Gasteiger partial charge in [-0.25, -0.2) is 0 Å². The number of hydrogen-bond donors (Lipinski definition) is 3. The lowest BCUT2D eigenvalue weighted by molar-refractivity contribution is -0.141. The standard InChI is InChI=1S/C12H13F3N2O3/c13-12(14,15)9-2-1-8(11(20)17-9)10(19)16-5-6-3-7(18)4-6/h1-2,6-7,18H,3-5H2,(H,16,19)(H,17,20). The maximum Gasteiger partial charge on any atom is 0.431 e. The number of H-pyrrole nitrogens is 1. The molecule has 1 aliphatic carbocycles. The van der Waals surface area contributed by atoms with Crippen molar-refractivity contribution in [1.29, 1.82) is 0 Å². The van der Waals surface area contributed by atoms with Crippen LogP contribution in [0.1, 0.15) is 28.9 Å². The molecular formula is C12H13F3N2O3. The third-order valence-electron chi connectivity index (χ3n) is 3.22. The highest BCUT2D eigenvalue weighted by atomic mass is 19.4. The Morgan fingerprint density at radius 3 is 2.55 bits per heavy atom. The molecule has 8 heteroatoms. The van der Waals surface area contributed by atoms with Crippen LogP contribution in [-0.4, -0.2) is 28.6 Å². The van der Waals surface area contributed by atoms with E-state index in [2.05, 4.69) is 5.32 Å². The molecule has 20 heavy (non-hydrogen) atoms. The van der Waals surface area contributed by atoms with Gasteiger partial charge in [-0.15, -0.1) is 0 Å². The second-order valence-corrected chi connectivity index (χ2v) is 4.81. The van der Waals surface area contributed by atoms with Crippen LogP contribution in [0.5, 0.6) is 0 Å². The number of carbonyl (C=O) groups excluding carboxylic acids is 1. The van der Waals surface area contributed by atoms with Crippen LogP contribution in [0.3, 0.4) is 0 Å². The first-order chi connectivity index (χ1) is 9.27. The first kappa shape index (κ1) is 14.6. The molecule has 1 fully saturated rings. The molecule has 5 nitrogen and oxygen atoms in total. The summed E-state index contributed by atoms with van der Waals surface area (Å²) in [6, 6.07) is 1.51. The number of rotatable bonds is 3. The molecule has 1 aromatic heterocycles. The molecule has 2 rings (SSSR count). The van der Waals surface area contributed by atoms with E-state index in [1.807, 2.05) is 0 Å². The van der Waals surface area contributed by atoms with Crippen molar-refractivity contribution in [3.8, 4) is 0 Å². The molecule has 3 N–H and O–H groups in total. The molecule has 1 amide bonds. The number of aromatic amines is 1. The van der Waals surface area contributed by atoms with Gasteiger partial charge in [0.25, 0.3) is 11.5 Å². The van der Waals surface area contributed by atoms with Crippen LogP contribution in [0.25, 0.3) is 0 Å². The Hall–Kier alpha value is -1.83. The highest BCUT2D eigenvalue weighted by Crippen LogP contribution is 2.27. The summed E-state index contributed by atoms with van der Waals surface area (Å²) < 4.78 is 37.1. The summed E-state index contributed by atoms with van der Waals surface area (Å²) in [5.41, 5.74) is -2.63. The number of alkyl halides is 3. The molecule has 0 aliphatic heterocycles. The number of aliphatic hydroxyl groups is 1. The van der Waals surface area contributed by atoms with Crippen LogP contribution >= 0.6 is 0 Å². The summed E-state index contributed by atoms with van der Waals surface area (Å²) in [6.07, 6.45) is -3.87. The van der Waals surface area contributed by atoms with Gasteiger partial charge in [-0.1, -0.05) is 0 Å². The summed E-state index contributed by atoms with van der Waals surface area (Å²) in [6.45, 7) is 0.288. The molecule has 1 aliphatic rings. The van der Waals surface area contributed by atoms with Crippen molar-refractivity contribution >= 4 is 5.91 Å². The fourth-order valence-corrected chi connectivity index (χ4v) is 2.02. The lowest BCUT2D eigenvalue weighted by atomic mass is 9.82. The summed E-state index contributed by atoms with van der Waals surface area (Å²) in [7, 11) is 0. The van der Waals surface area contributed by atoms with E-state index < -0.39 is 23.3 Å². The Kier molecular flexibility index (Phi) is 3.85. The van der Waals surface area contributed by atoms with Gasteiger partial charge in [-0.3, -0.25) is 9.59 Å². The number of aliphatic hydroxyl groups excluding tert-OH is 1. The SMILES string of the molecule is O=C(NCC1CC(O)C1)c1ccc(C(F)(F)F)[nH]c1=O. The van der Waals surface area contributed by atoms with Crippen molar-refractivity contribution in [2.45, 2.75) is 25.1 Å². The number of amides is 1. The van der Waals surface area contributed by atoms with E-state index >= 15 is 0 Å². The maximum absolute atomic E-state index is 12.4. The minimum absolute atomic E-state index is 0.141. The van der Waals surface area contributed by atoms with Crippen molar-refractivity contribution < 1.29 is 23.1 Å². The Balaban J connectivity index is 2.01. The van der Waals surface area contributed by atoms with E-state index in [0.717, 1.165) is 6.07 Å². The second kappa shape index (κ2) is 5.28. The third kappa shape index (κ3) is 3.19. The normalized spacial score (nSPS) is 22.2. The molecule has 0 saturated heterocycles. The number of hydrogen-bond acceptors (Lipinski definition) is 3. The quantitative estimate of drug-likeness (QED) is 0.773. The summed E-state index contributed by atoms with van der Waals surface area (Å²) in [5, 5.41) is 11.5. The first-order valence-electron chi connectivity index (χ1n) is 6.04. The van der Waals surface area contributed by atoms with E-state index in [9.17, 15) is 22.8 Å². The van der Waals surface area contributed by atoms with Crippen LogP contribution in [0, 0.1) is 5.92 Å². The van der Waals surface area contributed by atoms with Gasteiger partial charge in [0.1, 0.15) is 11.3 Å². The van der Waals surface area contributed by atoms with E-state index in [4.69, 9.17) is 5.11 Å². The molecule has 1 aromatic rings. The molecular weight excluding hydrogens is 277 g/mol. The van der Waals surface area contributed by atoms with Gasteiger partial charge in [-0.05, 0) is 30.9 Å². The monoisotopic (exact) mass is 290 g/mol. The summed E-state index contributed by atoms with van der Waals surface area (Å²) in [4.78, 5) is 24.8. The number of aromatic nitrogens is 1. The number of pyridine rings is 1. The van der Waals surface area contributed by atoms with Crippen LogP contribution in [-0.2, 0) is 6.18 Å². The van der Waals surface area contributed by atoms with Crippen molar-refractivity contribution in [2.24, 2.45) is 5.92 Å². The molecule has 1 heterocycles. The predicted octanol–water partition coefficient (Wildman–Crippen LogP) is 0.894. The Labute approximate surface area is 111 Å². The summed E-state index contributed by atoms with van der Waals surface area (Å²) in [5.74, 6) is -0.580. The second-order valence-electron chi connectivity index (χ2n) is 4.81. The van der Waals surface area contributed by atoms with Gasteiger partial charge < -0.3 is 15.4 Å². The van der Waals surface area contributed by atoms with Crippen LogP contribution in [0.15, 0.2) is 16.9 Å². The smallest absolute Gasteiger partial charge is 0.393 e. The first-order valence-corrected chi connectivity index (χ1v) is 6.04. The summed E-state index contributed by atoms with van der Waals surface area (Å²) >= 11 is 0. The topological polar surface area (TPSA) is 82.2 Å². The van der Waals surface area contributed by atoms with Gasteiger partial charge >= 0.3 is 6.18 Å². The molecule has 0 unspecified atom stereocenters. The Morgan fingerprint density at radius 2 is 2.05 bits per heavy atom. The molecule has 0 aromatic carbocycles. The highest BCUT2D eigenvalue weighted by molar-refractivity contribution is 5.93. The largest absolute Gasteiger partial charge is 0.431 e. The fourth-order valence-electron chi connectivity index (χ4n) is 2.02. The van der Waals surface area contributed by atoms with Crippen molar-refractivity contribution in [3.63, 3.8) is 0 Å². The molecule has 110 valence electrons. The van der Waals surface area contributed by atoms with Gasteiger partial charge in [0.15, 0.2) is 0 Å². The van der Waals surface area contributed by atoms with Crippen LogP contribution in [0.4, 0.5) is 13.2 Å². The van der Waals surface area contributed by atoms with Gasteiger partial charge in [0.2, 0.25) is 0 Å². The van der Waals surface area contributed by atoms with Crippen LogP contribution < -0.4 is 10.9 Å². The minimum atomic E-state index is -4.66. The van der Waals surface area contributed by atoms with E-state index in [1.54, 1.807) is 4.98 Å². The zero-order valence-electron chi connectivity index (χ0n) is 10.3. The average molecular weight is 290 g/mol. The average Bonchev–Trinajstić information content (AvgIpc) is 2.31. The van der Waals surface area contributed by atoms with Gasteiger partial charge in [0.05, 0.1) is 6.10 Å². The van der Waals surface area contributed by atoms with Gasteiger partial charge in [-0.2, -0.15) is 13.2 Å². The molecule has 0 atom stereocenters. The zero-order chi connectivity index (χ0) is 14.9. The fraction of sp³-hybridized carbons (Fsp3) is 0.500. The predicted molar refractivity (Wildman–Crippen MR) is 63.1 cm³/mol. The molecule has 0 bridgehead atoms. The maximum atomic E-state index is 12.4. The third-order valence-corrected chi connectivity index (χ3v) is 3.22.